The van der Waals surface area contributed by atoms with Gasteiger partial charge in [-0.3, -0.25) is 4.68 Å². The molecular formula is C15H18FN3. The summed E-state index contributed by atoms with van der Waals surface area (Å²) in [6, 6.07) is 6.75. The fourth-order valence-corrected chi connectivity index (χ4v) is 2.89. The van der Waals surface area contributed by atoms with Crippen LogP contribution in [0.2, 0.25) is 0 Å². The highest BCUT2D eigenvalue weighted by Gasteiger charge is 2.22. The molecule has 1 N–H and O–H groups in total. The summed E-state index contributed by atoms with van der Waals surface area (Å²) in [4.78, 5) is 0. The van der Waals surface area contributed by atoms with E-state index in [-0.39, 0.29) is 5.82 Å². The molecule has 2 heterocycles. The van der Waals surface area contributed by atoms with Gasteiger partial charge in [-0.1, -0.05) is 12.1 Å². The number of rotatable bonds is 2. The average Bonchev–Trinajstić information content (AvgIpc) is 2.82. The average molecular weight is 259 g/mol. The van der Waals surface area contributed by atoms with Crippen molar-refractivity contribution in [3.63, 3.8) is 0 Å². The second kappa shape index (κ2) is 5.13. The molecule has 1 aliphatic heterocycles. The van der Waals surface area contributed by atoms with Gasteiger partial charge in [-0.15, -0.1) is 0 Å². The Morgan fingerprint density at radius 3 is 3.05 bits per heavy atom. The van der Waals surface area contributed by atoms with E-state index in [1.54, 1.807) is 12.1 Å². The van der Waals surface area contributed by atoms with Crippen molar-refractivity contribution in [1.82, 2.24) is 15.1 Å². The molecule has 0 saturated carbocycles. The van der Waals surface area contributed by atoms with Crippen LogP contribution in [0, 0.1) is 5.82 Å². The third kappa shape index (κ3) is 2.40. The number of hydrogen-bond acceptors (Lipinski definition) is 2. The van der Waals surface area contributed by atoms with Crippen molar-refractivity contribution in [3.05, 3.63) is 42.0 Å². The first-order valence-electron chi connectivity index (χ1n) is 6.74. The molecule has 1 aromatic carbocycles. The van der Waals surface area contributed by atoms with E-state index in [0.717, 1.165) is 30.6 Å². The summed E-state index contributed by atoms with van der Waals surface area (Å²) < 4.78 is 15.3. The molecule has 0 amide bonds. The molecule has 0 bridgehead atoms. The SMILES string of the molecule is Cn1ncc(-c2cccc(F)c2)c1C1CCCNC1. The van der Waals surface area contributed by atoms with E-state index >= 15 is 0 Å². The van der Waals surface area contributed by atoms with E-state index in [1.807, 2.05) is 24.0 Å². The molecule has 0 aliphatic carbocycles. The highest BCUT2D eigenvalue weighted by atomic mass is 19.1. The lowest BCUT2D eigenvalue weighted by Crippen LogP contribution is -2.29. The largest absolute Gasteiger partial charge is 0.316 e. The molecule has 4 heteroatoms. The summed E-state index contributed by atoms with van der Waals surface area (Å²) in [6.07, 6.45) is 4.19. The minimum absolute atomic E-state index is 0.200. The number of nitrogens with one attached hydrogen (secondary N) is 1. The van der Waals surface area contributed by atoms with Crippen molar-refractivity contribution in [2.24, 2.45) is 7.05 Å². The van der Waals surface area contributed by atoms with Crippen molar-refractivity contribution in [2.75, 3.05) is 13.1 Å². The normalized spacial score (nSPS) is 19.6. The quantitative estimate of drug-likeness (QED) is 0.898. The standard InChI is InChI=1S/C15H18FN3/c1-19-15(12-5-3-7-17-9-12)14(10-18-19)11-4-2-6-13(16)8-11/h2,4,6,8,10,12,17H,3,5,7,9H2,1H3. The van der Waals surface area contributed by atoms with E-state index < -0.39 is 0 Å². The summed E-state index contributed by atoms with van der Waals surface area (Å²) in [7, 11) is 1.97. The Bertz CT molecular complexity index is 571. The Balaban J connectivity index is 2.02. The first-order chi connectivity index (χ1) is 9.25. The number of nitrogens with zero attached hydrogens (tertiary/aromatic N) is 2. The fourth-order valence-electron chi connectivity index (χ4n) is 2.89. The van der Waals surface area contributed by atoms with Crippen molar-refractivity contribution >= 4 is 0 Å². The Morgan fingerprint density at radius 1 is 1.42 bits per heavy atom. The van der Waals surface area contributed by atoms with Crippen LogP contribution in [0.15, 0.2) is 30.5 Å². The van der Waals surface area contributed by atoms with Gasteiger partial charge in [0.2, 0.25) is 0 Å². The van der Waals surface area contributed by atoms with Crippen molar-refractivity contribution < 1.29 is 4.39 Å². The molecule has 19 heavy (non-hydrogen) atoms. The van der Waals surface area contributed by atoms with Gasteiger partial charge in [-0.05, 0) is 37.1 Å². The van der Waals surface area contributed by atoms with Gasteiger partial charge in [0.15, 0.2) is 0 Å². The van der Waals surface area contributed by atoms with E-state index in [2.05, 4.69) is 10.4 Å². The summed E-state index contributed by atoms with van der Waals surface area (Å²) in [5.41, 5.74) is 3.17. The molecule has 100 valence electrons. The van der Waals surface area contributed by atoms with Crippen LogP contribution in [0.25, 0.3) is 11.1 Å². The third-order valence-corrected chi connectivity index (χ3v) is 3.80. The number of hydrogen-bond donors (Lipinski definition) is 1. The summed E-state index contributed by atoms with van der Waals surface area (Å²) in [5, 5.41) is 7.79. The number of aromatic nitrogens is 2. The van der Waals surface area contributed by atoms with Gasteiger partial charge in [0, 0.05) is 25.1 Å². The molecule has 1 unspecified atom stereocenters. The molecular weight excluding hydrogens is 241 g/mol. The zero-order valence-corrected chi connectivity index (χ0v) is 11.1. The van der Waals surface area contributed by atoms with Crippen LogP contribution in [0.4, 0.5) is 4.39 Å². The van der Waals surface area contributed by atoms with E-state index in [4.69, 9.17) is 0 Å². The van der Waals surface area contributed by atoms with Crippen molar-refractivity contribution in [2.45, 2.75) is 18.8 Å². The minimum Gasteiger partial charge on any atom is -0.316 e. The molecule has 3 nitrogen and oxygen atoms in total. The fraction of sp³-hybridized carbons (Fsp3) is 0.400. The highest BCUT2D eigenvalue weighted by Crippen LogP contribution is 2.32. The zero-order valence-electron chi connectivity index (χ0n) is 11.1. The van der Waals surface area contributed by atoms with Crippen molar-refractivity contribution in [1.29, 1.82) is 0 Å². The van der Waals surface area contributed by atoms with Crippen LogP contribution in [-0.2, 0) is 7.05 Å². The maximum absolute atomic E-state index is 13.4. The van der Waals surface area contributed by atoms with Gasteiger partial charge in [0.1, 0.15) is 5.82 Å². The first-order valence-corrected chi connectivity index (χ1v) is 6.74. The lowest BCUT2D eigenvalue weighted by molar-refractivity contribution is 0.442. The Labute approximate surface area is 112 Å². The van der Waals surface area contributed by atoms with Crippen LogP contribution in [-0.4, -0.2) is 22.9 Å². The Morgan fingerprint density at radius 2 is 2.32 bits per heavy atom. The summed E-state index contributed by atoms with van der Waals surface area (Å²) >= 11 is 0. The molecule has 3 rings (SSSR count). The molecule has 1 saturated heterocycles. The van der Waals surface area contributed by atoms with Crippen LogP contribution >= 0.6 is 0 Å². The van der Waals surface area contributed by atoms with Crippen LogP contribution < -0.4 is 5.32 Å². The number of piperidine rings is 1. The first kappa shape index (κ1) is 12.4. The summed E-state index contributed by atoms with van der Waals surface area (Å²) in [6.45, 7) is 2.06. The maximum atomic E-state index is 13.4. The lowest BCUT2D eigenvalue weighted by Gasteiger charge is -2.24. The van der Waals surface area contributed by atoms with Gasteiger partial charge in [-0.25, -0.2) is 4.39 Å². The third-order valence-electron chi connectivity index (χ3n) is 3.80. The maximum Gasteiger partial charge on any atom is 0.123 e. The van der Waals surface area contributed by atoms with Gasteiger partial charge in [-0.2, -0.15) is 5.10 Å². The molecule has 1 fully saturated rings. The highest BCUT2D eigenvalue weighted by molar-refractivity contribution is 5.66. The molecule has 0 spiro atoms. The topological polar surface area (TPSA) is 29.9 Å². The molecule has 1 atom stereocenters. The number of benzene rings is 1. The minimum atomic E-state index is -0.200. The van der Waals surface area contributed by atoms with Gasteiger partial charge in [0.25, 0.3) is 0 Å². The second-order valence-electron chi connectivity index (χ2n) is 5.12. The predicted octanol–water partition coefficient (Wildman–Crippen LogP) is 2.69. The second-order valence-corrected chi connectivity index (χ2v) is 5.12. The van der Waals surface area contributed by atoms with Crippen LogP contribution in [0.5, 0.6) is 0 Å². The molecule has 2 aromatic rings. The number of aryl methyl sites for hydroxylation is 1. The van der Waals surface area contributed by atoms with Gasteiger partial charge < -0.3 is 5.32 Å². The molecule has 1 aliphatic rings. The zero-order chi connectivity index (χ0) is 13.2. The van der Waals surface area contributed by atoms with E-state index in [0.29, 0.717) is 5.92 Å². The monoisotopic (exact) mass is 259 g/mol. The smallest absolute Gasteiger partial charge is 0.123 e. The van der Waals surface area contributed by atoms with E-state index in [1.165, 1.54) is 18.2 Å². The predicted molar refractivity (Wildman–Crippen MR) is 73.4 cm³/mol. The van der Waals surface area contributed by atoms with E-state index in [9.17, 15) is 4.39 Å². The van der Waals surface area contributed by atoms with Crippen LogP contribution in [0.1, 0.15) is 24.5 Å². The molecule has 0 radical (unpaired) electrons. The van der Waals surface area contributed by atoms with Gasteiger partial charge >= 0.3 is 0 Å². The van der Waals surface area contributed by atoms with Gasteiger partial charge in [0.05, 0.1) is 11.9 Å². The number of halogens is 1. The Hall–Kier alpha value is -1.68. The van der Waals surface area contributed by atoms with Crippen molar-refractivity contribution in [3.8, 4) is 11.1 Å². The Kier molecular flexibility index (Phi) is 3.34. The summed E-state index contributed by atoms with van der Waals surface area (Å²) in [5.74, 6) is 0.258. The lowest BCUT2D eigenvalue weighted by atomic mass is 9.91. The van der Waals surface area contributed by atoms with Crippen LogP contribution in [0.3, 0.4) is 0 Å². The molecule has 1 aromatic heterocycles.